The zero-order valence-electron chi connectivity index (χ0n) is 9.46. The Morgan fingerprint density at radius 3 is 2.29 bits per heavy atom. The lowest BCUT2D eigenvalue weighted by molar-refractivity contribution is -0.275. The van der Waals surface area contributed by atoms with Crippen LogP contribution in [0.25, 0.3) is 0 Å². The first-order chi connectivity index (χ1) is 8.06. The van der Waals surface area contributed by atoms with E-state index in [0.717, 1.165) is 25.7 Å². The highest BCUT2D eigenvalue weighted by Gasteiger charge is 2.33. The standard InChI is InChI=1S/C13H15F3O/c14-13(15,16)17-12-9-5-4-8-11(12)10-6-2-1-3-7-10/h4-5,8-10H,1-3,6-7H2. The number of benzene rings is 1. The first-order valence-corrected chi connectivity index (χ1v) is 5.91. The summed E-state index contributed by atoms with van der Waals surface area (Å²) in [5, 5.41) is 0. The number of alkyl halides is 3. The molecule has 94 valence electrons. The van der Waals surface area contributed by atoms with Gasteiger partial charge < -0.3 is 4.74 Å². The molecule has 1 aliphatic rings. The molecule has 1 fully saturated rings. The van der Waals surface area contributed by atoms with Gasteiger partial charge in [-0.3, -0.25) is 0 Å². The smallest absolute Gasteiger partial charge is 0.405 e. The Labute approximate surface area is 98.6 Å². The molecule has 0 heterocycles. The second-order valence-electron chi connectivity index (χ2n) is 4.42. The van der Waals surface area contributed by atoms with E-state index in [0.29, 0.717) is 5.56 Å². The van der Waals surface area contributed by atoms with Crippen LogP contribution in [0.1, 0.15) is 43.6 Å². The van der Waals surface area contributed by atoms with Gasteiger partial charge in [-0.1, -0.05) is 37.5 Å². The average Bonchev–Trinajstić information content (AvgIpc) is 2.29. The van der Waals surface area contributed by atoms with Gasteiger partial charge >= 0.3 is 6.36 Å². The highest BCUT2D eigenvalue weighted by Crippen LogP contribution is 2.38. The van der Waals surface area contributed by atoms with Crippen LogP contribution >= 0.6 is 0 Å². The molecule has 1 aliphatic carbocycles. The van der Waals surface area contributed by atoms with Gasteiger partial charge in [-0.2, -0.15) is 0 Å². The summed E-state index contributed by atoms with van der Waals surface area (Å²) in [6.45, 7) is 0. The Balaban J connectivity index is 2.20. The molecule has 0 aliphatic heterocycles. The van der Waals surface area contributed by atoms with Crippen molar-refractivity contribution in [1.82, 2.24) is 0 Å². The number of hydrogen-bond acceptors (Lipinski definition) is 1. The maximum absolute atomic E-state index is 12.3. The molecule has 0 bridgehead atoms. The van der Waals surface area contributed by atoms with E-state index in [1.165, 1.54) is 12.5 Å². The Morgan fingerprint density at radius 2 is 1.65 bits per heavy atom. The molecule has 0 N–H and O–H groups in total. The highest BCUT2D eigenvalue weighted by atomic mass is 19.4. The van der Waals surface area contributed by atoms with E-state index in [9.17, 15) is 13.2 Å². The topological polar surface area (TPSA) is 9.23 Å². The summed E-state index contributed by atoms with van der Waals surface area (Å²) in [6, 6.07) is 6.50. The predicted molar refractivity (Wildman–Crippen MR) is 59.0 cm³/mol. The molecule has 0 unspecified atom stereocenters. The van der Waals surface area contributed by atoms with Crippen molar-refractivity contribution in [2.75, 3.05) is 0 Å². The average molecular weight is 244 g/mol. The van der Waals surface area contributed by atoms with Crippen molar-refractivity contribution in [3.05, 3.63) is 29.8 Å². The minimum Gasteiger partial charge on any atom is -0.405 e. The molecule has 0 amide bonds. The molecule has 0 spiro atoms. The fourth-order valence-electron chi connectivity index (χ4n) is 2.45. The number of halogens is 3. The van der Waals surface area contributed by atoms with E-state index in [2.05, 4.69) is 4.74 Å². The summed E-state index contributed by atoms with van der Waals surface area (Å²) < 4.78 is 40.9. The summed E-state index contributed by atoms with van der Waals surface area (Å²) in [5.41, 5.74) is 0.699. The van der Waals surface area contributed by atoms with Gasteiger partial charge in [-0.15, -0.1) is 13.2 Å². The number of hydrogen-bond donors (Lipinski definition) is 0. The monoisotopic (exact) mass is 244 g/mol. The van der Waals surface area contributed by atoms with Crippen LogP contribution in [0, 0.1) is 0 Å². The molecule has 2 rings (SSSR count). The van der Waals surface area contributed by atoms with Gasteiger partial charge in [0.2, 0.25) is 0 Å². The van der Waals surface area contributed by atoms with Gasteiger partial charge in [0, 0.05) is 0 Å². The van der Waals surface area contributed by atoms with E-state index >= 15 is 0 Å². The Bertz CT molecular complexity index is 367. The molecule has 1 aromatic rings. The third-order valence-electron chi connectivity index (χ3n) is 3.19. The normalized spacial score (nSPS) is 18.1. The third-order valence-corrected chi connectivity index (χ3v) is 3.19. The van der Waals surface area contributed by atoms with Gasteiger partial charge in [0.15, 0.2) is 0 Å². The van der Waals surface area contributed by atoms with Crippen molar-refractivity contribution in [1.29, 1.82) is 0 Å². The van der Waals surface area contributed by atoms with Crippen molar-refractivity contribution in [3.8, 4) is 5.75 Å². The van der Waals surface area contributed by atoms with Crippen LogP contribution in [0.2, 0.25) is 0 Å². The van der Waals surface area contributed by atoms with Crippen molar-refractivity contribution < 1.29 is 17.9 Å². The maximum Gasteiger partial charge on any atom is 0.573 e. The quantitative estimate of drug-likeness (QED) is 0.736. The van der Waals surface area contributed by atoms with Crippen molar-refractivity contribution in [2.45, 2.75) is 44.4 Å². The summed E-state index contributed by atoms with van der Waals surface area (Å²) >= 11 is 0. The van der Waals surface area contributed by atoms with E-state index < -0.39 is 6.36 Å². The van der Waals surface area contributed by atoms with E-state index in [1.54, 1.807) is 18.2 Å². The van der Waals surface area contributed by atoms with E-state index in [-0.39, 0.29) is 11.7 Å². The molecule has 0 atom stereocenters. The van der Waals surface area contributed by atoms with Crippen molar-refractivity contribution in [3.63, 3.8) is 0 Å². The van der Waals surface area contributed by atoms with Crippen LogP contribution in [0.3, 0.4) is 0 Å². The fraction of sp³-hybridized carbons (Fsp3) is 0.538. The Hall–Kier alpha value is -1.19. The molecule has 0 radical (unpaired) electrons. The van der Waals surface area contributed by atoms with Crippen LogP contribution < -0.4 is 4.74 Å². The molecule has 1 nitrogen and oxygen atoms in total. The second kappa shape index (κ2) is 4.98. The minimum absolute atomic E-state index is 0.0353. The summed E-state index contributed by atoms with van der Waals surface area (Å²) in [7, 11) is 0. The third kappa shape index (κ3) is 3.38. The zero-order valence-corrected chi connectivity index (χ0v) is 9.46. The summed E-state index contributed by atoms with van der Waals surface area (Å²) in [5.74, 6) is 0.175. The lowest BCUT2D eigenvalue weighted by atomic mass is 9.84. The maximum atomic E-state index is 12.3. The lowest BCUT2D eigenvalue weighted by Gasteiger charge is -2.24. The molecule has 4 heteroatoms. The highest BCUT2D eigenvalue weighted by molar-refractivity contribution is 5.36. The first-order valence-electron chi connectivity index (χ1n) is 5.91. The Morgan fingerprint density at radius 1 is 1.00 bits per heavy atom. The fourth-order valence-corrected chi connectivity index (χ4v) is 2.45. The van der Waals surface area contributed by atoms with Crippen LogP contribution in [-0.4, -0.2) is 6.36 Å². The van der Waals surface area contributed by atoms with Crippen LogP contribution in [0.5, 0.6) is 5.75 Å². The molecular formula is C13H15F3O. The zero-order chi connectivity index (χ0) is 12.3. The number of para-hydroxylation sites is 1. The van der Waals surface area contributed by atoms with E-state index in [1.807, 2.05) is 0 Å². The second-order valence-corrected chi connectivity index (χ2v) is 4.42. The van der Waals surface area contributed by atoms with Gasteiger partial charge in [0.25, 0.3) is 0 Å². The molecule has 1 aromatic carbocycles. The van der Waals surface area contributed by atoms with Crippen LogP contribution in [0.15, 0.2) is 24.3 Å². The molecule has 17 heavy (non-hydrogen) atoms. The Kier molecular flexibility index (Phi) is 3.60. The van der Waals surface area contributed by atoms with E-state index in [4.69, 9.17) is 0 Å². The van der Waals surface area contributed by atoms with Gasteiger partial charge in [0.05, 0.1) is 0 Å². The molecule has 0 saturated heterocycles. The number of rotatable bonds is 2. The van der Waals surface area contributed by atoms with Crippen LogP contribution in [0.4, 0.5) is 13.2 Å². The first kappa shape index (κ1) is 12.3. The van der Waals surface area contributed by atoms with Gasteiger partial charge in [0.1, 0.15) is 5.75 Å². The molecule has 0 aromatic heterocycles. The van der Waals surface area contributed by atoms with Gasteiger partial charge in [-0.25, -0.2) is 0 Å². The SMILES string of the molecule is FC(F)(F)Oc1ccccc1C1CCCCC1. The predicted octanol–water partition coefficient (Wildman–Crippen LogP) is 4.63. The lowest BCUT2D eigenvalue weighted by Crippen LogP contribution is -2.19. The van der Waals surface area contributed by atoms with Crippen molar-refractivity contribution in [2.24, 2.45) is 0 Å². The minimum atomic E-state index is -4.61. The van der Waals surface area contributed by atoms with Crippen molar-refractivity contribution >= 4 is 0 Å². The summed E-state index contributed by atoms with van der Waals surface area (Å²) in [6.07, 6.45) is 0.663. The van der Waals surface area contributed by atoms with Gasteiger partial charge in [-0.05, 0) is 30.4 Å². The summed E-state index contributed by atoms with van der Waals surface area (Å²) in [4.78, 5) is 0. The number of ether oxygens (including phenoxy) is 1. The molecular weight excluding hydrogens is 229 g/mol. The van der Waals surface area contributed by atoms with Crippen LogP contribution in [-0.2, 0) is 0 Å². The molecule has 1 saturated carbocycles. The largest absolute Gasteiger partial charge is 0.573 e.